The molecule has 2 aromatic rings. The summed E-state index contributed by atoms with van der Waals surface area (Å²) in [5.74, 6) is 0.604. The van der Waals surface area contributed by atoms with Gasteiger partial charge in [-0.25, -0.2) is 4.39 Å². The highest BCUT2D eigenvalue weighted by Gasteiger charge is 2.10. The van der Waals surface area contributed by atoms with Crippen LogP contribution < -0.4 is 5.32 Å². The quantitative estimate of drug-likeness (QED) is 0.879. The summed E-state index contributed by atoms with van der Waals surface area (Å²) in [6.07, 6.45) is 2.75. The van der Waals surface area contributed by atoms with Crippen molar-refractivity contribution in [2.45, 2.75) is 19.4 Å². The largest absolute Gasteiger partial charge is 0.362 e. The molecule has 1 aromatic carbocycles. The number of aromatic nitrogens is 2. The lowest BCUT2D eigenvalue weighted by Gasteiger charge is -2.16. The zero-order chi connectivity index (χ0) is 12.3. The molecule has 0 bridgehead atoms. The van der Waals surface area contributed by atoms with Crippen molar-refractivity contribution in [2.75, 3.05) is 5.32 Å². The average Bonchev–Trinajstić information content (AvgIpc) is 2.72. The second-order valence-electron chi connectivity index (χ2n) is 4.03. The number of aryl methyl sites for hydroxylation is 1. The molecule has 0 spiro atoms. The van der Waals surface area contributed by atoms with E-state index in [4.69, 9.17) is 0 Å². The molecule has 3 nitrogen and oxygen atoms in total. The Kier molecular flexibility index (Phi) is 3.42. The van der Waals surface area contributed by atoms with Crippen LogP contribution in [-0.4, -0.2) is 9.78 Å². The highest BCUT2D eigenvalue weighted by atomic mass is 19.1. The van der Waals surface area contributed by atoms with E-state index in [0.717, 1.165) is 17.8 Å². The average molecular weight is 233 g/mol. The van der Waals surface area contributed by atoms with Gasteiger partial charge in [0.2, 0.25) is 0 Å². The van der Waals surface area contributed by atoms with Crippen molar-refractivity contribution < 1.29 is 4.39 Å². The van der Waals surface area contributed by atoms with E-state index in [0.29, 0.717) is 0 Å². The molecule has 4 heteroatoms. The summed E-state index contributed by atoms with van der Waals surface area (Å²) in [7, 11) is 1.87. The third-order valence-corrected chi connectivity index (χ3v) is 2.70. The summed E-state index contributed by atoms with van der Waals surface area (Å²) in [5, 5.41) is 7.55. The van der Waals surface area contributed by atoms with Gasteiger partial charge >= 0.3 is 0 Å². The number of hydrogen-bond acceptors (Lipinski definition) is 2. The van der Waals surface area contributed by atoms with Gasteiger partial charge in [0, 0.05) is 19.3 Å². The van der Waals surface area contributed by atoms with Crippen molar-refractivity contribution in [2.24, 2.45) is 7.05 Å². The van der Waals surface area contributed by atoms with Crippen molar-refractivity contribution in [1.29, 1.82) is 0 Å². The minimum absolute atomic E-state index is 0.0839. The molecule has 1 aromatic heterocycles. The second-order valence-corrected chi connectivity index (χ2v) is 4.03. The van der Waals surface area contributed by atoms with Gasteiger partial charge in [0.05, 0.1) is 6.04 Å². The van der Waals surface area contributed by atoms with E-state index < -0.39 is 0 Å². The van der Waals surface area contributed by atoms with Gasteiger partial charge in [-0.05, 0) is 24.1 Å². The molecule has 90 valence electrons. The third kappa shape index (κ3) is 2.84. The van der Waals surface area contributed by atoms with Crippen LogP contribution in [0.25, 0.3) is 0 Å². The van der Waals surface area contributed by atoms with E-state index in [1.165, 1.54) is 6.07 Å². The molecule has 0 saturated carbocycles. The molecular weight excluding hydrogens is 217 g/mol. The van der Waals surface area contributed by atoms with Gasteiger partial charge in [-0.15, -0.1) is 0 Å². The molecule has 2 rings (SSSR count). The monoisotopic (exact) mass is 233 g/mol. The molecule has 0 aliphatic heterocycles. The van der Waals surface area contributed by atoms with Crippen molar-refractivity contribution in [3.8, 4) is 0 Å². The molecular formula is C13H16FN3. The minimum atomic E-state index is -0.205. The fraction of sp³-hybridized carbons (Fsp3) is 0.308. The van der Waals surface area contributed by atoms with E-state index in [1.54, 1.807) is 16.8 Å². The summed E-state index contributed by atoms with van der Waals surface area (Å²) in [6.45, 7) is 2.06. The molecule has 17 heavy (non-hydrogen) atoms. The molecule has 0 fully saturated rings. The molecule has 1 N–H and O–H groups in total. The Morgan fingerprint density at radius 1 is 1.41 bits per heavy atom. The first kappa shape index (κ1) is 11.6. The molecule has 0 amide bonds. The smallest absolute Gasteiger partial charge is 0.148 e. The molecule has 0 aliphatic rings. The van der Waals surface area contributed by atoms with Gasteiger partial charge in [-0.3, -0.25) is 4.68 Å². The Bertz CT molecular complexity index is 493. The third-order valence-electron chi connectivity index (χ3n) is 2.70. The lowest BCUT2D eigenvalue weighted by molar-refractivity contribution is 0.620. The maximum atomic E-state index is 13.2. The lowest BCUT2D eigenvalue weighted by Crippen LogP contribution is -2.10. The maximum absolute atomic E-state index is 13.2. The van der Waals surface area contributed by atoms with Crippen LogP contribution in [0, 0.1) is 5.82 Å². The molecule has 0 aliphatic carbocycles. The fourth-order valence-electron chi connectivity index (χ4n) is 1.82. The molecule has 1 unspecified atom stereocenters. The Labute approximate surface area is 100 Å². The summed E-state index contributed by atoms with van der Waals surface area (Å²) >= 11 is 0. The van der Waals surface area contributed by atoms with Gasteiger partial charge in [-0.1, -0.05) is 19.1 Å². The first-order valence-electron chi connectivity index (χ1n) is 5.70. The fourth-order valence-corrected chi connectivity index (χ4v) is 1.82. The molecule has 1 heterocycles. The minimum Gasteiger partial charge on any atom is -0.362 e. The Morgan fingerprint density at radius 2 is 2.24 bits per heavy atom. The van der Waals surface area contributed by atoms with Gasteiger partial charge in [0.15, 0.2) is 0 Å². The van der Waals surface area contributed by atoms with Crippen molar-refractivity contribution in [3.63, 3.8) is 0 Å². The molecule has 1 atom stereocenters. The number of benzene rings is 1. The summed E-state index contributed by atoms with van der Waals surface area (Å²) in [6, 6.07) is 8.66. The van der Waals surface area contributed by atoms with Crippen molar-refractivity contribution in [1.82, 2.24) is 9.78 Å². The van der Waals surface area contributed by atoms with Crippen LogP contribution >= 0.6 is 0 Å². The Balaban J connectivity index is 2.16. The van der Waals surface area contributed by atoms with Gasteiger partial charge in [0.1, 0.15) is 11.6 Å². The van der Waals surface area contributed by atoms with Crippen LogP contribution in [0.1, 0.15) is 24.9 Å². The van der Waals surface area contributed by atoms with E-state index >= 15 is 0 Å². The first-order chi connectivity index (χ1) is 8.19. The number of anilines is 1. The Hall–Kier alpha value is -1.84. The highest BCUT2D eigenvalue weighted by molar-refractivity contribution is 5.37. The number of rotatable bonds is 4. The normalized spacial score (nSPS) is 12.4. The predicted molar refractivity (Wildman–Crippen MR) is 66.3 cm³/mol. The van der Waals surface area contributed by atoms with Crippen LogP contribution in [-0.2, 0) is 7.05 Å². The zero-order valence-corrected chi connectivity index (χ0v) is 10.0. The van der Waals surface area contributed by atoms with Gasteiger partial charge in [-0.2, -0.15) is 5.10 Å². The predicted octanol–water partition coefficient (Wildman–Crippen LogP) is 3.12. The van der Waals surface area contributed by atoms with Gasteiger partial charge in [0.25, 0.3) is 0 Å². The van der Waals surface area contributed by atoms with E-state index in [-0.39, 0.29) is 11.9 Å². The molecule has 0 saturated heterocycles. The number of halogens is 1. The Morgan fingerprint density at radius 3 is 2.82 bits per heavy atom. The van der Waals surface area contributed by atoms with Crippen molar-refractivity contribution in [3.05, 3.63) is 47.9 Å². The van der Waals surface area contributed by atoms with E-state index in [1.807, 2.05) is 25.4 Å². The number of hydrogen-bond donors (Lipinski definition) is 1. The van der Waals surface area contributed by atoms with E-state index in [9.17, 15) is 4.39 Å². The van der Waals surface area contributed by atoms with Crippen LogP contribution in [0.2, 0.25) is 0 Å². The van der Waals surface area contributed by atoms with Crippen LogP contribution in [0.15, 0.2) is 36.5 Å². The van der Waals surface area contributed by atoms with Crippen LogP contribution in [0.5, 0.6) is 0 Å². The zero-order valence-electron chi connectivity index (χ0n) is 10.0. The lowest BCUT2D eigenvalue weighted by atomic mass is 10.0. The number of nitrogens with one attached hydrogen (secondary N) is 1. The van der Waals surface area contributed by atoms with Gasteiger partial charge < -0.3 is 5.32 Å². The van der Waals surface area contributed by atoms with Crippen molar-refractivity contribution >= 4 is 5.82 Å². The molecule has 0 radical (unpaired) electrons. The second kappa shape index (κ2) is 4.99. The van der Waals surface area contributed by atoms with Crippen LogP contribution in [0.3, 0.4) is 0 Å². The van der Waals surface area contributed by atoms with E-state index in [2.05, 4.69) is 17.3 Å². The summed E-state index contributed by atoms with van der Waals surface area (Å²) < 4.78 is 14.9. The standard InChI is InChI=1S/C13H16FN3/c1-3-12(10-5-4-6-11(14)9-10)15-13-7-8-17(2)16-13/h4-9,12H,3H2,1-2H3,(H,15,16). The van der Waals surface area contributed by atoms with Crippen LogP contribution in [0.4, 0.5) is 10.2 Å². The summed E-state index contributed by atoms with van der Waals surface area (Å²) in [5.41, 5.74) is 0.943. The number of nitrogens with zero attached hydrogens (tertiary/aromatic N) is 2. The first-order valence-corrected chi connectivity index (χ1v) is 5.70. The highest BCUT2D eigenvalue weighted by Crippen LogP contribution is 2.21. The topological polar surface area (TPSA) is 29.9 Å². The SMILES string of the molecule is CCC(Nc1ccn(C)n1)c1cccc(F)c1. The maximum Gasteiger partial charge on any atom is 0.148 e. The summed E-state index contributed by atoms with van der Waals surface area (Å²) in [4.78, 5) is 0.